The minimum absolute atomic E-state index is 0.393. The minimum atomic E-state index is 0.393. The van der Waals surface area contributed by atoms with Crippen LogP contribution in [0.25, 0.3) is 42.7 Å². The molecule has 0 N–H and O–H groups in total. The lowest BCUT2D eigenvalue weighted by molar-refractivity contribution is 0.855. The summed E-state index contributed by atoms with van der Waals surface area (Å²) in [6.07, 6.45) is 9.04. The van der Waals surface area contributed by atoms with Crippen LogP contribution in [0.1, 0.15) is 76.0 Å². The van der Waals surface area contributed by atoms with E-state index in [-0.39, 0.29) is 0 Å². The number of fused-ring (bicyclic) bond motifs is 3. The van der Waals surface area contributed by atoms with Crippen LogP contribution in [0.3, 0.4) is 0 Å². The Morgan fingerprint density at radius 2 is 1.07 bits per heavy atom. The summed E-state index contributed by atoms with van der Waals surface area (Å²) >= 11 is 0. The van der Waals surface area contributed by atoms with Crippen LogP contribution in [-0.4, -0.2) is 24.5 Å². The van der Waals surface area contributed by atoms with Gasteiger partial charge in [-0.05, 0) is 58.0 Å². The first kappa shape index (κ1) is 30.8. The normalized spacial score (nSPS) is 10.8. The van der Waals surface area contributed by atoms with E-state index in [0.717, 1.165) is 27.6 Å². The van der Waals surface area contributed by atoms with Crippen LogP contribution in [0, 0.1) is 13.1 Å². The average Bonchev–Trinajstić information content (AvgIpc) is 3.37. The van der Waals surface area contributed by atoms with Crippen molar-refractivity contribution in [2.24, 2.45) is 7.05 Å². The van der Waals surface area contributed by atoms with Crippen molar-refractivity contribution < 1.29 is 0 Å². The summed E-state index contributed by atoms with van der Waals surface area (Å²) in [5, 5.41) is 2.38. The lowest BCUT2D eigenvalue weighted by Crippen LogP contribution is -1.92. The molecular weight excluding hydrogens is 530 g/mol. The van der Waals surface area contributed by atoms with E-state index < -0.39 is 0 Å². The van der Waals surface area contributed by atoms with Gasteiger partial charge in [-0.3, -0.25) is 15.0 Å². The van der Waals surface area contributed by atoms with Crippen molar-refractivity contribution in [2.75, 3.05) is 0 Å². The number of hydrogen-bond acceptors (Lipinski definition) is 4. The highest BCUT2D eigenvalue weighted by Crippen LogP contribution is 2.31. The Hall–Kier alpha value is -5.14. The van der Waals surface area contributed by atoms with E-state index in [4.69, 9.17) is 13.1 Å². The molecule has 216 valence electrons. The second-order valence-electron chi connectivity index (χ2n) is 11.3. The van der Waals surface area contributed by atoms with Crippen molar-refractivity contribution in [3.05, 3.63) is 119 Å². The number of nitrogens with zero attached hydrogens (tertiary/aromatic N) is 7. The number of hydrogen-bond donors (Lipinski definition) is 0. The van der Waals surface area contributed by atoms with E-state index in [1.807, 2.05) is 55.7 Å². The summed E-state index contributed by atoms with van der Waals surface area (Å²) in [5.74, 6) is 1.41. The molecule has 0 aliphatic heterocycles. The van der Waals surface area contributed by atoms with Crippen LogP contribution in [0.15, 0.2) is 79.5 Å². The molecule has 4 aromatic heterocycles. The Bertz CT molecular complexity index is 1850. The highest BCUT2D eigenvalue weighted by atomic mass is 15.0. The fraction of sp³-hybridized carbons (Fsp3) is 0.278. The quantitative estimate of drug-likeness (QED) is 0.200. The molecule has 0 saturated carbocycles. The van der Waals surface area contributed by atoms with Gasteiger partial charge in [0.15, 0.2) is 0 Å². The van der Waals surface area contributed by atoms with Crippen LogP contribution in [0.5, 0.6) is 0 Å². The largest absolute Gasteiger partial charge is 0.335 e. The summed E-state index contributed by atoms with van der Waals surface area (Å²) in [5.41, 5.74) is 8.43. The van der Waals surface area contributed by atoms with Crippen LogP contribution in [0.2, 0.25) is 0 Å². The maximum absolute atomic E-state index is 7.09. The number of pyridine rings is 2. The van der Waals surface area contributed by atoms with Gasteiger partial charge in [0, 0.05) is 43.4 Å². The first-order valence-electron chi connectivity index (χ1n) is 14.4. The molecule has 0 amide bonds. The van der Waals surface area contributed by atoms with E-state index in [0.29, 0.717) is 34.6 Å². The number of aryl methyl sites for hydroxylation is 1. The standard InChI is InChI=1S/C13H12N2.C12H11N3.C11H14N2/c1-9(2)10-6-7-12(14-3)13-11(10)5-4-8-15-13;1-8(2)9-4-5-10(13-3)12-11(9)14-6-7-15-12;1-8(2)10-7-13(3)11-9(10)5-4-6-12-11/h4-9H,1-2H3;4-8H,1-2H3;4-8H,1-3H3. The molecule has 2 aromatic carbocycles. The predicted octanol–water partition coefficient (Wildman–Crippen LogP) is 9.91. The van der Waals surface area contributed by atoms with Crippen LogP contribution < -0.4 is 0 Å². The third kappa shape index (κ3) is 6.68. The molecular formula is C36H37N7. The van der Waals surface area contributed by atoms with Crippen molar-refractivity contribution in [1.82, 2.24) is 24.5 Å². The Kier molecular flexibility index (Phi) is 9.80. The van der Waals surface area contributed by atoms with Gasteiger partial charge in [-0.15, -0.1) is 0 Å². The molecule has 0 fully saturated rings. The smallest absolute Gasteiger partial charge is 0.214 e. The number of rotatable bonds is 3. The molecule has 6 aromatic rings. The summed E-state index contributed by atoms with van der Waals surface area (Å²) in [6, 6.07) is 15.8. The molecule has 4 heterocycles. The molecule has 7 heteroatoms. The van der Waals surface area contributed by atoms with E-state index >= 15 is 0 Å². The summed E-state index contributed by atoms with van der Waals surface area (Å²) in [6.45, 7) is 27.1. The van der Waals surface area contributed by atoms with Gasteiger partial charge in [0.1, 0.15) is 5.65 Å². The zero-order valence-corrected chi connectivity index (χ0v) is 25.9. The van der Waals surface area contributed by atoms with E-state index in [2.05, 4.69) is 88.0 Å². The predicted molar refractivity (Wildman–Crippen MR) is 177 cm³/mol. The van der Waals surface area contributed by atoms with Crippen molar-refractivity contribution in [2.45, 2.75) is 59.3 Å². The second-order valence-corrected chi connectivity index (χ2v) is 11.3. The van der Waals surface area contributed by atoms with Gasteiger partial charge in [-0.1, -0.05) is 71.9 Å². The highest BCUT2D eigenvalue weighted by Gasteiger charge is 2.11. The van der Waals surface area contributed by atoms with Crippen molar-refractivity contribution in [1.29, 1.82) is 0 Å². The van der Waals surface area contributed by atoms with Gasteiger partial charge in [0.2, 0.25) is 11.4 Å². The van der Waals surface area contributed by atoms with Gasteiger partial charge in [-0.25, -0.2) is 14.7 Å². The van der Waals surface area contributed by atoms with Crippen LogP contribution >= 0.6 is 0 Å². The van der Waals surface area contributed by atoms with Crippen molar-refractivity contribution in [3.63, 3.8) is 0 Å². The van der Waals surface area contributed by atoms with Crippen LogP contribution in [-0.2, 0) is 7.05 Å². The molecule has 0 aliphatic carbocycles. The van der Waals surface area contributed by atoms with E-state index in [1.165, 1.54) is 16.5 Å². The highest BCUT2D eigenvalue weighted by molar-refractivity contribution is 5.93. The van der Waals surface area contributed by atoms with Crippen LogP contribution in [0.4, 0.5) is 11.4 Å². The topological polar surface area (TPSA) is 65.2 Å². The summed E-state index contributed by atoms with van der Waals surface area (Å²) < 4.78 is 2.09. The third-order valence-electron chi connectivity index (χ3n) is 7.29. The van der Waals surface area contributed by atoms with E-state index in [9.17, 15) is 0 Å². The molecule has 6 rings (SSSR count). The molecule has 7 nitrogen and oxygen atoms in total. The molecule has 0 bridgehead atoms. The van der Waals surface area contributed by atoms with Crippen molar-refractivity contribution >= 4 is 44.3 Å². The fourth-order valence-corrected chi connectivity index (χ4v) is 5.10. The summed E-state index contributed by atoms with van der Waals surface area (Å²) in [4.78, 5) is 24.1. The Morgan fingerprint density at radius 1 is 0.558 bits per heavy atom. The fourth-order valence-electron chi connectivity index (χ4n) is 5.10. The summed E-state index contributed by atoms with van der Waals surface area (Å²) in [7, 11) is 2.04. The molecule has 43 heavy (non-hydrogen) atoms. The zero-order chi connectivity index (χ0) is 31.1. The third-order valence-corrected chi connectivity index (χ3v) is 7.29. The first-order chi connectivity index (χ1) is 20.7. The monoisotopic (exact) mass is 567 g/mol. The molecule has 0 aliphatic rings. The molecule has 0 atom stereocenters. The molecule has 0 spiro atoms. The lowest BCUT2D eigenvalue weighted by atomic mass is 9.98. The van der Waals surface area contributed by atoms with Crippen molar-refractivity contribution in [3.8, 4) is 0 Å². The number of aromatic nitrogens is 5. The van der Waals surface area contributed by atoms with E-state index in [1.54, 1.807) is 18.6 Å². The van der Waals surface area contributed by atoms with Gasteiger partial charge < -0.3 is 4.57 Å². The Labute approximate surface area is 253 Å². The minimum Gasteiger partial charge on any atom is -0.335 e. The van der Waals surface area contributed by atoms with Gasteiger partial charge >= 0.3 is 0 Å². The molecule has 0 unspecified atom stereocenters. The van der Waals surface area contributed by atoms with Gasteiger partial charge in [0.25, 0.3) is 0 Å². The Morgan fingerprint density at radius 3 is 1.67 bits per heavy atom. The zero-order valence-electron chi connectivity index (χ0n) is 25.9. The lowest BCUT2D eigenvalue weighted by Gasteiger charge is -2.09. The maximum atomic E-state index is 7.09. The average molecular weight is 568 g/mol. The SMILES string of the molecule is CC(C)c1cn(C)c2ncccc12.[C-]#[N+]c1ccc(C(C)C)c2cccnc12.[C-]#[N+]c1ccc(C(C)C)c2nccnc12. The number of benzene rings is 2. The maximum Gasteiger partial charge on any atom is 0.214 e. The molecule has 0 saturated heterocycles. The van der Waals surface area contributed by atoms with Gasteiger partial charge in [-0.2, -0.15) is 0 Å². The second kappa shape index (κ2) is 13.7. The Balaban J connectivity index is 0.000000148. The van der Waals surface area contributed by atoms with Gasteiger partial charge in [0.05, 0.1) is 29.7 Å². The first-order valence-corrected chi connectivity index (χ1v) is 14.4. The molecule has 0 radical (unpaired) electrons.